The predicted molar refractivity (Wildman–Crippen MR) is 71.8 cm³/mol. The minimum atomic E-state index is -4.59. The highest BCUT2D eigenvalue weighted by atomic mass is 19.4. The number of amides is 1. The maximum atomic E-state index is 12.8. The molecular weight excluding hydrogens is 283 g/mol. The summed E-state index contributed by atoms with van der Waals surface area (Å²) in [5, 5.41) is 3.77. The minimum absolute atomic E-state index is 0.287. The molecule has 1 fully saturated rings. The number of hydrogen-bond donors (Lipinski definition) is 1. The van der Waals surface area contributed by atoms with Crippen LogP contribution in [-0.4, -0.2) is 17.1 Å². The standard InChI is InChI=1S/C14H16F3N3O/c15-14(16,17)12-6-7-18-9-11(12)13(21)20-19-8-10-4-2-1-3-5-10/h6-10H,1-5H2,(H,20,21). The first-order valence-electron chi connectivity index (χ1n) is 6.83. The highest BCUT2D eigenvalue weighted by Crippen LogP contribution is 2.31. The van der Waals surface area contributed by atoms with Crippen LogP contribution in [0.2, 0.25) is 0 Å². The summed E-state index contributed by atoms with van der Waals surface area (Å²) in [4.78, 5) is 15.4. The van der Waals surface area contributed by atoms with Crippen molar-refractivity contribution in [2.45, 2.75) is 38.3 Å². The molecule has 0 atom stereocenters. The summed E-state index contributed by atoms with van der Waals surface area (Å²) in [6.07, 6.45) is 4.35. The number of carbonyl (C=O) groups excluding carboxylic acids is 1. The van der Waals surface area contributed by atoms with Gasteiger partial charge in [0.25, 0.3) is 5.91 Å². The molecule has 2 rings (SSSR count). The van der Waals surface area contributed by atoms with Crippen molar-refractivity contribution in [2.24, 2.45) is 11.0 Å². The van der Waals surface area contributed by atoms with Crippen LogP contribution in [0.5, 0.6) is 0 Å². The minimum Gasteiger partial charge on any atom is -0.267 e. The summed E-state index contributed by atoms with van der Waals surface area (Å²) >= 11 is 0. The number of rotatable bonds is 3. The van der Waals surface area contributed by atoms with Gasteiger partial charge in [0.2, 0.25) is 0 Å². The second-order valence-corrected chi connectivity index (χ2v) is 5.04. The van der Waals surface area contributed by atoms with Crippen LogP contribution < -0.4 is 5.43 Å². The first-order chi connectivity index (χ1) is 9.98. The van der Waals surface area contributed by atoms with E-state index in [9.17, 15) is 18.0 Å². The lowest BCUT2D eigenvalue weighted by molar-refractivity contribution is -0.138. The topological polar surface area (TPSA) is 54.4 Å². The number of aromatic nitrogens is 1. The smallest absolute Gasteiger partial charge is 0.267 e. The van der Waals surface area contributed by atoms with Crippen molar-refractivity contribution < 1.29 is 18.0 Å². The summed E-state index contributed by atoms with van der Waals surface area (Å²) in [7, 11) is 0. The Morgan fingerprint density at radius 1 is 1.33 bits per heavy atom. The molecule has 0 saturated heterocycles. The second-order valence-electron chi connectivity index (χ2n) is 5.04. The van der Waals surface area contributed by atoms with E-state index in [4.69, 9.17) is 0 Å². The first kappa shape index (κ1) is 15.5. The Kier molecular flexibility index (Phi) is 4.93. The van der Waals surface area contributed by atoms with Crippen LogP contribution in [0, 0.1) is 5.92 Å². The molecule has 1 aliphatic carbocycles. The lowest BCUT2D eigenvalue weighted by Gasteiger charge is -2.16. The molecule has 7 heteroatoms. The van der Waals surface area contributed by atoms with E-state index in [0.29, 0.717) is 0 Å². The van der Waals surface area contributed by atoms with Crippen LogP contribution >= 0.6 is 0 Å². The average Bonchev–Trinajstić information content (AvgIpc) is 2.47. The van der Waals surface area contributed by atoms with E-state index < -0.39 is 23.2 Å². The van der Waals surface area contributed by atoms with E-state index in [1.165, 1.54) is 6.42 Å². The van der Waals surface area contributed by atoms with E-state index >= 15 is 0 Å². The molecule has 4 nitrogen and oxygen atoms in total. The third-order valence-electron chi connectivity index (χ3n) is 3.47. The molecule has 0 spiro atoms. The van der Waals surface area contributed by atoms with Gasteiger partial charge in [0.05, 0.1) is 11.1 Å². The van der Waals surface area contributed by atoms with Gasteiger partial charge in [-0.2, -0.15) is 18.3 Å². The zero-order valence-electron chi connectivity index (χ0n) is 11.4. The van der Waals surface area contributed by atoms with Crippen molar-refractivity contribution >= 4 is 12.1 Å². The van der Waals surface area contributed by atoms with E-state index in [0.717, 1.165) is 44.1 Å². The Balaban J connectivity index is 2.02. The lowest BCUT2D eigenvalue weighted by Crippen LogP contribution is -2.23. The second kappa shape index (κ2) is 6.69. The molecule has 1 saturated carbocycles. The number of alkyl halides is 3. The van der Waals surface area contributed by atoms with E-state index in [-0.39, 0.29) is 5.92 Å². The molecular formula is C14H16F3N3O. The molecule has 0 bridgehead atoms. The molecule has 0 aromatic carbocycles. The fourth-order valence-corrected chi connectivity index (χ4v) is 2.37. The number of carbonyl (C=O) groups is 1. The molecule has 1 aromatic rings. The Morgan fingerprint density at radius 2 is 2.05 bits per heavy atom. The number of halogens is 3. The SMILES string of the molecule is O=C(NN=CC1CCCCC1)c1cnccc1C(F)(F)F. The van der Waals surface area contributed by atoms with Gasteiger partial charge in [-0.3, -0.25) is 9.78 Å². The molecule has 1 aliphatic rings. The van der Waals surface area contributed by atoms with Crippen LogP contribution in [0.15, 0.2) is 23.6 Å². The van der Waals surface area contributed by atoms with Gasteiger partial charge in [-0.05, 0) is 24.8 Å². The summed E-state index contributed by atoms with van der Waals surface area (Å²) in [6, 6.07) is 0.778. The van der Waals surface area contributed by atoms with E-state index in [1.54, 1.807) is 6.21 Å². The Labute approximate surface area is 120 Å². The van der Waals surface area contributed by atoms with Crippen molar-refractivity contribution in [3.05, 3.63) is 29.6 Å². The molecule has 1 amide bonds. The largest absolute Gasteiger partial charge is 0.417 e. The average molecular weight is 299 g/mol. The third-order valence-corrected chi connectivity index (χ3v) is 3.47. The predicted octanol–water partition coefficient (Wildman–Crippen LogP) is 3.40. The van der Waals surface area contributed by atoms with Gasteiger partial charge in [0.1, 0.15) is 0 Å². The molecule has 114 valence electrons. The van der Waals surface area contributed by atoms with E-state index in [2.05, 4.69) is 15.5 Å². The third kappa shape index (κ3) is 4.27. The molecule has 1 N–H and O–H groups in total. The number of pyridine rings is 1. The monoisotopic (exact) mass is 299 g/mol. The maximum absolute atomic E-state index is 12.8. The molecule has 0 unspecified atom stereocenters. The number of hydrogen-bond acceptors (Lipinski definition) is 3. The molecule has 1 aromatic heterocycles. The normalized spacial score (nSPS) is 17.1. The number of nitrogens with one attached hydrogen (secondary N) is 1. The van der Waals surface area contributed by atoms with Gasteiger partial charge in [0, 0.05) is 18.6 Å². The zero-order chi connectivity index (χ0) is 15.3. The van der Waals surface area contributed by atoms with Crippen molar-refractivity contribution in [1.29, 1.82) is 0 Å². The van der Waals surface area contributed by atoms with Crippen LogP contribution in [0.3, 0.4) is 0 Å². The van der Waals surface area contributed by atoms with Crippen molar-refractivity contribution in [3.8, 4) is 0 Å². The highest BCUT2D eigenvalue weighted by Gasteiger charge is 2.35. The summed E-state index contributed by atoms with van der Waals surface area (Å²) < 4.78 is 38.3. The van der Waals surface area contributed by atoms with E-state index in [1.807, 2.05) is 0 Å². The van der Waals surface area contributed by atoms with Gasteiger partial charge in [-0.1, -0.05) is 19.3 Å². The van der Waals surface area contributed by atoms with Crippen molar-refractivity contribution in [3.63, 3.8) is 0 Å². The van der Waals surface area contributed by atoms with Crippen LogP contribution in [0.25, 0.3) is 0 Å². The van der Waals surface area contributed by atoms with Gasteiger partial charge in [-0.25, -0.2) is 5.43 Å². The van der Waals surface area contributed by atoms with Gasteiger partial charge in [-0.15, -0.1) is 0 Å². The summed E-state index contributed by atoms with van der Waals surface area (Å²) in [5.74, 6) is -0.613. The van der Waals surface area contributed by atoms with Crippen LogP contribution in [0.1, 0.15) is 48.0 Å². The fraction of sp³-hybridized carbons (Fsp3) is 0.500. The van der Waals surface area contributed by atoms with Crippen molar-refractivity contribution in [1.82, 2.24) is 10.4 Å². The maximum Gasteiger partial charge on any atom is 0.417 e. The molecule has 0 aliphatic heterocycles. The molecule has 0 radical (unpaired) electrons. The quantitative estimate of drug-likeness (QED) is 0.687. The fourth-order valence-electron chi connectivity index (χ4n) is 2.37. The van der Waals surface area contributed by atoms with Gasteiger partial charge >= 0.3 is 6.18 Å². The van der Waals surface area contributed by atoms with Gasteiger partial charge < -0.3 is 0 Å². The Bertz CT molecular complexity index is 522. The first-order valence-corrected chi connectivity index (χ1v) is 6.83. The number of nitrogens with zero attached hydrogens (tertiary/aromatic N) is 2. The van der Waals surface area contributed by atoms with Gasteiger partial charge in [0.15, 0.2) is 0 Å². The number of hydrazone groups is 1. The summed E-state index contributed by atoms with van der Waals surface area (Å²) in [6.45, 7) is 0. The van der Waals surface area contributed by atoms with Crippen molar-refractivity contribution in [2.75, 3.05) is 0 Å². The summed E-state index contributed by atoms with van der Waals surface area (Å²) in [5.41, 5.74) is 0.616. The Hall–Kier alpha value is -1.92. The highest BCUT2D eigenvalue weighted by molar-refractivity contribution is 5.95. The van der Waals surface area contributed by atoms with Crippen LogP contribution in [-0.2, 0) is 6.18 Å². The van der Waals surface area contributed by atoms with Crippen LogP contribution in [0.4, 0.5) is 13.2 Å². The molecule has 1 heterocycles. The zero-order valence-corrected chi connectivity index (χ0v) is 11.4. The Morgan fingerprint density at radius 3 is 2.71 bits per heavy atom. The lowest BCUT2D eigenvalue weighted by atomic mass is 9.90. The molecule has 21 heavy (non-hydrogen) atoms.